The Kier molecular flexibility index (Phi) is 3.35. The Hall–Kier alpha value is 0.0700. The zero-order valence-corrected chi connectivity index (χ0v) is 8.65. The lowest BCUT2D eigenvalue weighted by Crippen LogP contribution is -2.45. The first kappa shape index (κ1) is 9.62. The van der Waals surface area contributed by atoms with Gasteiger partial charge in [-0.2, -0.15) is 0 Å². The summed E-state index contributed by atoms with van der Waals surface area (Å²) in [7, 11) is -0.750. The molecule has 0 bridgehead atoms. The van der Waals surface area contributed by atoms with Gasteiger partial charge in [0, 0.05) is 29.6 Å². The summed E-state index contributed by atoms with van der Waals surface area (Å²) in [5.74, 6) is 2.68. The molecule has 1 atom stereocenters. The topological polar surface area (TPSA) is 38.3 Å². The van der Waals surface area contributed by atoms with E-state index in [9.17, 15) is 4.21 Å². The Morgan fingerprint density at radius 3 is 2.62 bits per heavy atom. The van der Waals surface area contributed by atoms with E-state index in [4.69, 9.17) is 4.74 Å². The zero-order chi connectivity index (χ0) is 9.10. The van der Waals surface area contributed by atoms with Crippen molar-refractivity contribution in [2.45, 2.75) is 12.8 Å². The predicted octanol–water partition coefficient (Wildman–Crippen LogP) is 0.339. The van der Waals surface area contributed by atoms with Crippen LogP contribution in [0.3, 0.4) is 0 Å². The quantitative estimate of drug-likeness (QED) is 0.676. The van der Waals surface area contributed by atoms with Crippen molar-refractivity contribution in [3.05, 3.63) is 0 Å². The molecule has 2 aliphatic rings. The van der Waals surface area contributed by atoms with E-state index in [0.29, 0.717) is 11.9 Å². The minimum atomic E-state index is -0.750. The van der Waals surface area contributed by atoms with E-state index < -0.39 is 10.8 Å². The molecule has 1 saturated heterocycles. The summed E-state index contributed by atoms with van der Waals surface area (Å²) >= 11 is 0. The molecular formula is C9H17NO2S. The van der Waals surface area contributed by atoms with E-state index in [1.165, 1.54) is 12.8 Å². The lowest BCUT2D eigenvalue weighted by Gasteiger charge is -2.26. The van der Waals surface area contributed by atoms with Gasteiger partial charge < -0.3 is 10.1 Å². The highest BCUT2D eigenvalue weighted by molar-refractivity contribution is 7.84. The molecule has 2 rings (SSSR count). The van der Waals surface area contributed by atoms with Crippen molar-refractivity contribution in [1.29, 1.82) is 0 Å². The summed E-state index contributed by atoms with van der Waals surface area (Å²) in [5, 5.41) is 3.18. The Labute approximate surface area is 81.7 Å². The molecule has 3 nitrogen and oxygen atoms in total. The second-order valence-corrected chi connectivity index (χ2v) is 5.51. The van der Waals surface area contributed by atoms with Crippen molar-refractivity contribution in [1.82, 2.24) is 5.32 Å². The summed E-state index contributed by atoms with van der Waals surface area (Å²) in [6.07, 6.45) is 2.61. The summed E-state index contributed by atoms with van der Waals surface area (Å²) in [5.41, 5.74) is 0. The lowest BCUT2D eigenvalue weighted by atomic mass is 10.1. The average Bonchev–Trinajstić information content (AvgIpc) is 2.81. The molecule has 1 heterocycles. The molecule has 0 aromatic carbocycles. The molecule has 1 saturated carbocycles. The van der Waals surface area contributed by atoms with Crippen LogP contribution in [0, 0.1) is 11.8 Å². The third kappa shape index (κ3) is 3.37. The number of nitrogens with one attached hydrogen (secondary N) is 1. The van der Waals surface area contributed by atoms with Gasteiger partial charge in [-0.3, -0.25) is 4.21 Å². The fraction of sp³-hybridized carbons (Fsp3) is 1.00. The van der Waals surface area contributed by atoms with Gasteiger partial charge in [-0.05, 0) is 24.7 Å². The van der Waals surface area contributed by atoms with Crippen LogP contribution >= 0.6 is 0 Å². The molecule has 1 unspecified atom stereocenters. The summed E-state index contributed by atoms with van der Waals surface area (Å²) in [6.45, 7) is 2.90. The molecule has 1 N–H and O–H groups in total. The molecule has 1 aliphatic carbocycles. The Bertz CT molecular complexity index is 190. The van der Waals surface area contributed by atoms with Crippen LogP contribution in [0.1, 0.15) is 12.8 Å². The first-order valence-electron chi connectivity index (χ1n) is 4.98. The van der Waals surface area contributed by atoms with Crippen LogP contribution in [-0.2, 0) is 15.5 Å². The molecule has 0 aromatic rings. The Balaban J connectivity index is 1.49. The monoisotopic (exact) mass is 203 g/mol. The Morgan fingerprint density at radius 1 is 1.31 bits per heavy atom. The molecule has 0 amide bonds. The smallest absolute Gasteiger partial charge is 0.122 e. The third-order valence-corrected chi connectivity index (χ3v) is 3.83. The largest absolute Gasteiger partial charge is 0.368 e. The second kappa shape index (κ2) is 4.53. The van der Waals surface area contributed by atoms with Crippen molar-refractivity contribution < 1.29 is 8.95 Å². The van der Waals surface area contributed by atoms with E-state index in [1.54, 1.807) is 0 Å². The summed E-state index contributed by atoms with van der Waals surface area (Å²) < 4.78 is 16.8. The van der Waals surface area contributed by atoms with Gasteiger partial charge in [-0.15, -0.1) is 0 Å². The van der Waals surface area contributed by atoms with Gasteiger partial charge in [0.15, 0.2) is 0 Å². The average molecular weight is 203 g/mol. The van der Waals surface area contributed by atoms with E-state index in [0.717, 1.165) is 31.4 Å². The normalized spacial score (nSPS) is 25.5. The van der Waals surface area contributed by atoms with Crippen molar-refractivity contribution in [3.8, 4) is 0 Å². The lowest BCUT2D eigenvalue weighted by molar-refractivity contribution is 0.167. The van der Waals surface area contributed by atoms with Gasteiger partial charge in [-0.25, -0.2) is 0 Å². The molecule has 0 aromatic heterocycles. The van der Waals surface area contributed by atoms with E-state index >= 15 is 0 Å². The molecule has 0 radical (unpaired) electrons. The maximum atomic E-state index is 11.4. The summed E-state index contributed by atoms with van der Waals surface area (Å²) in [4.78, 5) is 0. The highest BCUT2D eigenvalue weighted by Gasteiger charge is 2.22. The van der Waals surface area contributed by atoms with Gasteiger partial charge in [0.2, 0.25) is 0 Å². The SMILES string of the molecule is O=S(COCC1CC1)CC1CNC1. The molecule has 76 valence electrons. The van der Waals surface area contributed by atoms with Crippen LogP contribution in [0.2, 0.25) is 0 Å². The van der Waals surface area contributed by atoms with Gasteiger partial charge in [0.05, 0.1) is 6.61 Å². The van der Waals surface area contributed by atoms with Crippen molar-refractivity contribution >= 4 is 10.8 Å². The van der Waals surface area contributed by atoms with E-state index in [2.05, 4.69) is 5.32 Å². The van der Waals surface area contributed by atoms with Crippen molar-refractivity contribution in [3.63, 3.8) is 0 Å². The fourth-order valence-electron chi connectivity index (χ4n) is 1.37. The van der Waals surface area contributed by atoms with Crippen LogP contribution in [0.5, 0.6) is 0 Å². The molecule has 0 spiro atoms. The summed E-state index contributed by atoms with van der Waals surface area (Å²) in [6, 6.07) is 0. The van der Waals surface area contributed by atoms with E-state index in [-0.39, 0.29) is 0 Å². The molecular weight excluding hydrogens is 186 g/mol. The Morgan fingerprint density at radius 2 is 2.08 bits per heavy atom. The van der Waals surface area contributed by atoms with Gasteiger partial charge in [0.25, 0.3) is 0 Å². The number of rotatable bonds is 6. The molecule has 13 heavy (non-hydrogen) atoms. The van der Waals surface area contributed by atoms with Crippen LogP contribution < -0.4 is 5.32 Å². The predicted molar refractivity (Wildman–Crippen MR) is 52.9 cm³/mol. The number of hydrogen-bond donors (Lipinski definition) is 1. The standard InChI is InChI=1S/C9H17NO2S/c11-13(6-9-3-10-4-9)7-12-5-8-1-2-8/h8-10H,1-7H2. The van der Waals surface area contributed by atoms with Crippen LogP contribution in [0.15, 0.2) is 0 Å². The van der Waals surface area contributed by atoms with E-state index in [1.807, 2.05) is 0 Å². The highest BCUT2D eigenvalue weighted by Crippen LogP contribution is 2.28. The van der Waals surface area contributed by atoms with Crippen LogP contribution in [0.25, 0.3) is 0 Å². The first-order chi connectivity index (χ1) is 6.34. The minimum absolute atomic E-state index is 0.451. The van der Waals surface area contributed by atoms with Gasteiger partial charge in [-0.1, -0.05) is 0 Å². The van der Waals surface area contributed by atoms with Crippen molar-refractivity contribution in [2.75, 3.05) is 31.4 Å². The maximum absolute atomic E-state index is 11.4. The highest BCUT2D eigenvalue weighted by atomic mass is 32.2. The number of ether oxygens (including phenoxy) is 1. The van der Waals surface area contributed by atoms with Crippen LogP contribution in [0.4, 0.5) is 0 Å². The fourth-order valence-corrected chi connectivity index (χ4v) is 2.51. The maximum Gasteiger partial charge on any atom is 0.122 e. The third-order valence-electron chi connectivity index (χ3n) is 2.55. The minimum Gasteiger partial charge on any atom is -0.368 e. The van der Waals surface area contributed by atoms with Crippen LogP contribution in [-0.4, -0.2) is 35.6 Å². The molecule has 4 heteroatoms. The first-order valence-corrected chi connectivity index (χ1v) is 6.47. The van der Waals surface area contributed by atoms with Gasteiger partial charge in [0.1, 0.15) is 5.94 Å². The molecule has 2 fully saturated rings. The zero-order valence-electron chi connectivity index (χ0n) is 7.83. The second-order valence-electron chi connectivity index (χ2n) is 4.06. The number of hydrogen-bond acceptors (Lipinski definition) is 3. The van der Waals surface area contributed by atoms with Crippen molar-refractivity contribution in [2.24, 2.45) is 11.8 Å². The van der Waals surface area contributed by atoms with Gasteiger partial charge >= 0.3 is 0 Å². The molecule has 1 aliphatic heterocycles.